The van der Waals surface area contributed by atoms with E-state index in [2.05, 4.69) is 0 Å². The molecule has 0 unspecified atom stereocenters. The lowest BCUT2D eigenvalue weighted by Crippen LogP contribution is -2.51. The van der Waals surface area contributed by atoms with Crippen molar-refractivity contribution in [2.45, 2.75) is 39.0 Å². The van der Waals surface area contributed by atoms with Crippen LogP contribution in [-0.4, -0.2) is 40.9 Å². The number of alkyl halides is 2. The molecular formula is C13H19F2NO3. The number of rotatable bonds is 2. The quantitative estimate of drug-likeness (QED) is 0.784. The molecular weight excluding hydrogens is 256 g/mol. The normalized spacial score (nSPS) is 30.0. The predicted molar refractivity (Wildman–Crippen MR) is 63.8 cm³/mol. The number of piperidine rings is 1. The number of carboxylic acids is 1. The van der Waals surface area contributed by atoms with Gasteiger partial charge in [-0.3, -0.25) is 9.59 Å². The van der Waals surface area contributed by atoms with Crippen LogP contribution in [0.4, 0.5) is 8.78 Å². The number of carbonyl (C=O) groups is 2. The molecule has 1 saturated heterocycles. The first-order valence-electron chi connectivity index (χ1n) is 6.57. The molecule has 1 aliphatic carbocycles. The van der Waals surface area contributed by atoms with Crippen LogP contribution in [0.5, 0.6) is 0 Å². The molecule has 1 heterocycles. The SMILES string of the molecule is CC(C)(C(=O)O)C(=O)N1CC[C@H]2[C@H](CCC2(F)F)C1. The smallest absolute Gasteiger partial charge is 0.318 e. The Morgan fingerprint density at radius 1 is 1.32 bits per heavy atom. The van der Waals surface area contributed by atoms with E-state index in [0.29, 0.717) is 6.42 Å². The zero-order chi connectivity index (χ0) is 14.4. The molecule has 6 heteroatoms. The van der Waals surface area contributed by atoms with Gasteiger partial charge in [0, 0.05) is 25.4 Å². The van der Waals surface area contributed by atoms with Gasteiger partial charge in [-0.1, -0.05) is 0 Å². The van der Waals surface area contributed by atoms with Crippen molar-refractivity contribution in [3.8, 4) is 0 Å². The van der Waals surface area contributed by atoms with Crippen molar-refractivity contribution in [2.75, 3.05) is 13.1 Å². The van der Waals surface area contributed by atoms with Crippen LogP contribution in [0.2, 0.25) is 0 Å². The first-order chi connectivity index (χ1) is 8.66. The van der Waals surface area contributed by atoms with Crippen LogP contribution < -0.4 is 0 Å². The Morgan fingerprint density at radius 2 is 1.95 bits per heavy atom. The number of likely N-dealkylation sites (tertiary alicyclic amines) is 1. The summed E-state index contributed by atoms with van der Waals surface area (Å²) in [6.07, 6.45) is 0.556. The highest BCUT2D eigenvalue weighted by Crippen LogP contribution is 2.48. The average Bonchev–Trinajstić information content (AvgIpc) is 2.64. The Labute approximate surface area is 110 Å². The molecule has 0 radical (unpaired) electrons. The highest BCUT2D eigenvalue weighted by Gasteiger charge is 2.53. The van der Waals surface area contributed by atoms with Crippen molar-refractivity contribution in [3.05, 3.63) is 0 Å². The summed E-state index contributed by atoms with van der Waals surface area (Å²) in [6.45, 7) is 3.20. The van der Waals surface area contributed by atoms with Crippen LogP contribution in [0, 0.1) is 17.3 Å². The summed E-state index contributed by atoms with van der Waals surface area (Å²) in [5.74, 6) is -5.13. The van der Waals surface area contributed by atoms with Crippen molar-refractivity contribution >= 4 is 11.9 Å². The predicted octanol–water partition coefficient (Wildman–Crippen LogP) is 1.99. The summed E-state index contributed by atoms with van der Waals surface area (Å²) in [5.41, 5.74) is -1.49. The largest absolute Gasteiger partial charge is 0.480 e. The van der Waals surface area contributed by atoms with Crippen molar-refractivity contribution in [1.29, 1.82) is 0 Å². The van der Waals surface area contributed by atoms with Gasteiger partial charge < -0.3 is 10.0 Å². The highest BCUT2D eigenvalue weighted by atomic mass is 19.3. The molecule has 0 aromatic carbocycles. The van der Waals surface area contributed by atoms with E-state index in [1.807, 2.05) is 0 Å². The molecule has 0 bridgehead atoms. The molecule has 0 aromatic heterocycles. The number of hydrogen-bond acceptors (Lipinski definition) is 2. The Kier molecular flexibility index (Phi) is 3.31. The Hall–Kier alpha value is -1.20. The number of carbonyl (C=O) groups excluding carboxylic acids is 1. The summed E-state index contributed by atoms with van der Waals surface area (Å²) >= 11 is 0. The first-order valence-corrected chi connectivity index (χ1v) is 6.57. The molecule has 0 aromatic rings. The lowest BCUT2D eigenvalue weighted by atomic mass is 9.84. The van der Waals surface area contributed by atoms with E-state index in [1.54, 1.807) is 0 Å². The van der Waals surface area contributed by atoms with Crippen LogP contribution >= 0.6 is 0 Å². The van der Waals surface area contributed by atoms with Gasteiger partial charge in [-0.25, -0.2) is 8.78 Å². The van der Waals surface area contributed by atoms with E-state index in [9.17, 15) is 18.4 Å². The molecule has 2 rings (SSSR count). The van der Waals surface area contributed by atoms with E-state index in [4.69, 9.17) is 5.11 Å². The van der Waals surface area contributed by atoms with Crippen molar-refractivity contribution in [1.82, 2.24) is 4.90 Å². The Bertz CT molecular complexity index is 409. The van der Waals surface area contributed by atoms with Gasteiger partial charge >= 0.3 is 5.97 Å². The van der Waals surface area contributed by atoms with E-state index < -0.39 is 29.1 Å². The fraction of sp³-hybridized carbons (Fsp3) is 0.846. The maximum atomic E-state index is 13.6. The second-order valence-corrected chi connectivity index (χ2v) is 6.14. The van der Waals surface area contributed by atoms with Crippen molar-refractivity contribution in [2.24, 2.45) is 17.3 Å². The average molecular weight is 275 g/mol. The number of hydrogen-bond donors (Lipinski definition) is 1. The third-order valence-corrected chi connectivity index (χ3v) is 4.48. The number of aliphatic carboxylic acids is 1. The topological polar surface area (TPSA) is 57.6 Å². The zero-order valence-corrected chi connectivity index (χ0v) is 11.2. The third kappa shape index (κ3) is 2.32. The highest BCUT2D eigenvalue weighted by molar-refractivity contribution is 6.01. The van der Waals surface area contributed by atoms with Gasteiger partial charge in [0.05, 0.1) is 0 Å². The molecule has 2 atom stereocenters. The minimum absolute atomic E-state index is 0.118. The van der Waals surface area contributed by atoms with Crippen LogP contribution in [0.3, 0.4) is 0 Å². The summed E-state index contributed by atoms with van der Waals surface area (Å²) in [7, 11) is 0. The number of amides is 1. The number of carboxylic acid groups (broad SMARTS) is 1. The number of nitrogens with zero attached hydrogens (tertiary/aromatic N) is 1. The lowest BCUT2D eigenvalue weighted by Gasteiger charge is -2.39. The molecule has 2 fully saturated rings. The summed E-state index contributed by atoms with van der Waals surface area (Å²) in [5, 5.41) is 9.05. The van der Waals surface area contributed by atoms with Gasteiger partial charge in [-0.2, -0.15) is 0 Å². The van der Waals surface area contributed by atoms with Gasteiger partial charge in [0.1, 0.15) is 5.41 Å². The number of fused-ring (bicyclic) bond motifs is 1. The monoisotopic (exact) mass is 275 g/mol. The molecule has 19 heavy (non-hydrogen) atoms. The Balaban J connectivity index is 2.07. The molecule has 4 nitrogen and oxygen atoms in total. The van der Waals surface area contributed by atoms with Crippen molar-refractivity contribution < 1.29 is 23.5 Å². The van der Waals surface area contributed by atoms with E-state index in [1.165, 1.54) is 18.7 Å². The van der Waals surface area contributed by atoms with Gasteiger partial charge in [0.25, 0.3) is 5.92 Å². The van der Waals surface area contributed by atoms with Gasteiger partial charge in [-0.15, -0.1) is 0 Å². The molecule has 1 N–H and O–H groups in total. The standard InChI is InChI=1S/C13H19F2NO3/c1-12(2,11(18)19)10(17)16-6-4-9-8(7-16)3-5-13(9,14)15/h8-9H,3-7H2,1-2H3,(H,18,19)/t8-,9+/m1/s1. The van der Waals surface area contributed by atoms with E-state index in [-0.39, 0.29) is 31.8 Å². The third-order valence-electron chi connectivity index (χ3n) is 4.48. The number of halogens is 2. The molecule has 108 valence electrons. The fourth-order valence-corrected chi connectivity index (χ4v) is 3.12. The zero-order valence-electron chi connectivity index (χ0n) is 11.2. The Morgan fingerprint density at radius 3 is 2.53 bits per heavy atom. The second-order valence-electron chi connectivity index (χ2n) is 6.14. The summed E-state index contributed by atoms with van der Waals surface area (Å²) in [4.78, 5) is 24.7. The fourth-order valence-electron chi connectivity index (χ4n) is 3.12. The maximum Gasteiger partial charge on any atom is 0.318 e. The second kappa shape index (κ2) is 4.42. The summed E-state index contributed by atoms with van der Waals surface area (Å²) in [6, 6.07) is 0. The minimum atomic E-state index is -2.62. The maximum absolute atomic E-state index is 13.6. The van der Waals surface area contributed by atoms with Gasteiger partial charge in [-0.05, 0) is 32.6 Å². The summed E-state index contributed by atoms with van der Waals surface area (Å²) < 4.78 is 27.1. The minimum Gasteiger partial charge on any atom is -0.480 e. The van der Waals surface area contributed by atoms with Crippen LogP contribution in [0.15, 0.2) is 0 Å². The molecule has 0 spiro atoms. The van der Waals surface area contributed by atoms with Crippen LogP contribution in [0.25, 0.3) is 0 Å². The molecule has 1 aliphatic heterocycles. The van der Waals surface area contributed by atoms with Crippen LogP contribution in [-0.2, 0) is 9.59 Å². The molecule has 1 amide bonds. The first kappa shape index (κ1) is 14.2. The van der Waals surface area contributed by atoms with E-state index in [0.717, 1.165) is 0 Å². The molecule has 1 saturated carbocycles. The van der Waals surface area contributed by atoms with Crippen molar-refractivity contribution in [3.63, 3.8) is 0 Å². The van der Waals surface area contributed by atoms with Crippen LogP contribution in [0.1, 0.15) is 33.1 Å². The lowest BCUT2D eigenvalue weighted by molar-refractivity contribution is -0.160. The van der Waals surface area contributed by atoms with Gasteiger partial charge in [0.15, 0.2) is 0 Å². The van der Waals surface area contributed by atoms with E-state index >= 15 is 0 Å². The molecule has 2 aliphatic rings. The van der Waals surface area contributed by atoms with Gasteiger partial charge in [0.2, 0.25) is 5.91 Å².